The van der Waals surface area contributed by atoms with Crippen LogP contribution in [0.25, 0.3) is 0 Å². The summed E-state index contributed by atoms with van der Waals surface area (Å²) >= 11 is 5.72. The maximum Gasteiger partial charge on any atom is 0.0487 e. The van der Waals surface area contributed by atoms with Gasteiger partial charge in [0.2, 0.25) is 0 Å². The van der Waals surface area contributed by atoms with Crippen LogP contribution in [0.5, 0.6) is 0 Å². The minimum atomic E-state index is 1.15. The van der Waals surface area contributed by atoms with Crippen molar-refractivity contribution in [1.29, 1.82) is 0 Å². The van der Waals surface area contributed by atoms with Crippen molar-refractivity contribution >= 4 is 51.9 Å². The number of aryl methyl sites for hydroxylation is 2. The molecule has 1 aromatic carbocycles. The molecule has 0 aromatic heterocycles. The third-order valence-electron chi connectivity index (χ3n) is 1.65. The van der Waals surface area contributed by atoms with Crippen molar-refractivity contribution in [2.24, 2.45) is 0 Å². The Morgan fingerprint density at radius 2 is 1.79 bits per heavy atom. The first-order valence-corrected chi connectivity index (χ1v) is 8.60. The third kappa shape index (κ3) is 4.40. The molecular formula is C10H15BrINS. The first-order chi connectivity index (χ1) is 6.65. The van der Waals surface area contributed by atoms with E-state index >= 15 is 0 Å². The van der Waals surface area contributed by atoms with E-state index in [4.69, 9.17) is 0 Å². The van der Waals surface area contributed by atoms with E-state index in [2.05, 4.69) is 67.8 Å². The summed E-state index contributed by atoms with van der Waals surface area (Å²) in [7, 11) is 1.58. The minimum Gasteiger partial charge on any atom is -0.321 e. The lowest BCUT2D eigenvalue weighted by molar-refractivity contribution is 1.36. The molecule has 14 heavy (non-hydrogen) atoms. The molecule has 1 nitrogen and oxygen atoms in total. The van der Waals surface area contributed by atoms with Crippen LogP contribution in [0, 0.1) is 13.8 Å². The van der Waals surface area contributed by atoms with Crippen molar-refractivity contribution < 1.29 is 0 Å². The van der Waals surface area contributed by atoms with E-state index in [1.165, 1.54) is 16.8 Å². The van der Waals surface area contributed by atoms with Gasteiger partial charge in [0, 0.05) is 40.5 Å². The lowest BCUT2D eigenvalue weighted by Gasteiger charge is -2.07. The highest BCUT2D eigenvalue weighted by Gasteiger charge is 2.01. The fraction of sp³-hybridized carbons (Fsp3) is 0.400. The molecule has 0 heterocycles. The average Bonchev–Trinajstić information content (AvgIpc) is 2.18. The van der Waals surface area contributed by atoms with Crippen LogP contribution in [0.2, 0.25) is 0 Å². The van der Waals surface area contributed by atoms with Crippen LogP contribution in [0.3, 0.4) is 0 Å². The van der Waals surface area contributed by atoms with Gasteiger partial charge in [-0.2, -0.15) is 0 Å². The standard InChI is InChI=1S/C8H9BrINS.C2H6/c1-5-3-6(2)8(11-12-10)4-7(5)9;1-2/h3-4,11H,1-2H3;1-2H3. The summed E-state index contributed by atoms with van der Waals surface area (Å²) in [5.74, 6) is 0. The lowest BCUT2D eigenvalue weighted by atomic mass is 10.1. The van der Waals surface area contributed by atoms with Gasteiger partial charge >= 0.3 is 0 Å². The molecule has 1 N–H and O–H groups in total. The van der Waals surface area contributed by atoms with Gasteiger partial charge in [-0.25, -0.2) is 0 Å². The van der Waals surface area contributed by atoms with Crippen molar-refractivity contribution in [2.75, 3.05) is 4.72 Å². The molecule has 0 saturated carbocycles. The molecule has 0 spiro atoms. The van der Waals surface area contributed by atoms with Gasteiger partial charge in [0.1, 0.15) is 0 Å². The fourth-order valence-corrected chi connectivity index (χ4v) is 2.34. The zero-order valence-corrected chi connectivity index (χ0v) is 13.4. The summed E-state index contributed by atoms with van der Waals surface area (Å²) in [5, 5.41) is 0. The molecule has 4 heteroatoms. The van der Waals surface area contributed by atoms with E-state index in [0.29, 0.717) is 0 Å². The van der Waals surface area contributed by atoms with Gasteiger partial charge in [-0.3, -0.25) is 0 Å². The number of benzene rings is 1. The Morgan fingerprint density at radius 3 is 2.29 bits per heavy atom. The largest absolute Gasteiger partial charge is 0.321 e. The predicted octanol–water partition coefficient (Wildman–Crippen LogP) is 5.50. The van der Waals surface area contributed by atoms with E-state index in [1.807, 2.05) is 13.8 Å². The Hall–Kier alpha value is 0.580. The van der Waals surface area contributed by atoms with Gasteiger partial charge in [-0.1, -0.05) is 35.8 Å². The second-order valence-corrected chi connectivity index (χ2v) is 5.13. The highest BCUT2D eigenvalue weighted by molar-refractivity contribution is 14.2. The highest BCUT2D eigenvalue weighted by atomic mass is 127. The van der Waals surface area contributed by atoms with E-state index < -0.39 is 0 Å². The number of nitrogens with one attached hydrogen (secondary N) is 1. The number of hydrogen-bond acceptors (Lipinski definition) is 2. The van der Waals surface area contributed by atoms with Crippen molar-refractivity contribution in [2.45, 2.75) is 27.7 Å². The fourth-order valence-electron chi connectivity index (χ4n) is 0.977. The molecule has 0 aliphatic carbocycles. The maximum absolute atomic E-state index is 3.50. The summed E-state index contributed by atoms with van der Waals surface area (Å²) in [6.07, 6.45) is 0. The molecule has 0 radical (unpaired) electrons. The first kappa shape index (κ1) is 14.6. The minimum absolute atomic E-state index is 1.15. The second kappa shape index (κ2) is 7.82. The van der Waals surface area contributed by atoms with Gasteiger partial charge in [-0.15, -0.1) is 0 Å². The molecular weight excluding hydrogens is 373 g/mol. The Kier molecular flexibility index (Phi) is 8.14. The normalized spacial score (nSPS) is 9.00. The maximum atomic E-state index is 3.50. The summed E-state index contributed by atoms with van der Waals surface area (Å²) in [6, 6.07) is 4.27. The lowest BCUT2D eigenvalue weighted by Crippen LogP contribution is -1.88. The van der Waals surface area contributed by atoms with Crippen LogP contribution >= 0.6 is 46.3 Å². The Bertz CT molecular complexity index is 292. The summed E-state index contributed by atoms with van der Waals surface area (Å²) < 4.78 is 4.37. The average molecular weight is 388 g/mol. The number of hydrogen-bond donors (Lipinski definition) is 1. The number of rotatable bonds is 2. The van der Waals surface area contributed by atoms with Crippen LogP contribution in [0.15, 0.2) is 16.6 Å². The van der Waals surface area contributed by atoms with Crippen LogP contribution in [0.4, 0.5) is 5.69 Å². The van der Waals surface area contributed by atoms with Crippen molar-refractivity contribution in [3.05, 3.63) is 27.7 Å². The van der Waals surface area contributed by atoms with E-state index in [0.717, 1.165) is 4.47 Å². The molecule has 80 valence electrons. The molecule has 0 bridgehead atoms. The third-order valence-corrected chi connectivity index (χ3v) is 3.47. The molecule has 0 aliphatic rings. The summed E-state index contributed by atoms with van der Waals surface area (Å²) in [4.78, 5) is 0. The van der Waals surface area contributed by atoms with Gasteiger partial charge in [0.25, 0.3) is 0 Å². The van der Waals surface area contributed by atoms with Crippen molar-refractivity contribution in [3.8, 4) is 0 Å². The first-order valence-electron chi connectivity index (χ1n) is 4.45. The SMILES string of the molecule is CC.Cc1cc(C)c(NSI)cc1Br. The van der Waals surface area contributed by atoms with Gasteiger partial charge in [-0.05, 0) is 31.0 Å². The number of anilines is 1. The molecule has 0 saturated heterocycles. The second-order valence-electron chi connectivity index (χ2n) is 2.60. The zero-order chi connectivity index (χ0) is 11.1. The highest BCUT2D eigenvalue weighted by Crippen LogP contribution is 2.27. The molecule has 0 fully saturated rings. The predicted molar refractivity (Wildman–Crippen MR) is 80.2 cm³/mol. The van der Waals surface area contributed by atoms with Gasteiger partial charge in [0.15, 0.2) is 0 Å². The van der Waals surface area contributed by atoms with E-state index in [-0.39, 0.29) is 0 Å². The Labute approximate surface area is 111 Å². The van der Waals surface area contributed by atoms with E-state index in [1.54, 1.807) is 9.12 Å². The van der Waals surface area contributed by atoms with Crippen LogP contribution < -0.4 is 4.72 Å². The van der Waals surface area contributed by atoms with Crippen LogP contribution in [-0.2, 0) is 0 Å². The van der Waals surface area contributed by atoms with Gasteiger partial charge < -0.3 is 4.72 Å². The topological polar surface area (TPSA) is 12.0 Å². The summed E-state index contributed by atoms with van der Waals surface area (Å²) in [5.41, 5.74) is 3.73. The Balaban J connectivity index is 0.000000791. The smallest absolute Gasteiger partial charge is 0.0487 e. The van der Waals surface area contributed by atoms with Crippen molar-refractivity contribution in [3.63, 3.8) is 0 Å². The number of halogens is 2. The summed E-state index contributed by atoms with van der Waals surface area (Å²) in [6.45, 7) is 8.20. The van der Waals surface area contributed by atoms with Crippen molar-refractivity contribution in [1.82, 2.24) is 0 Å². The molecule has 0 aliphatic heterocycles. The molecule has 1 aromatic rings. The monoisotopic (exact) mass is 387 g/mol. The Morgan fingerprint density at radius 1 is 1.21 bits per heavy atom. The van der Waals surface area contributed by atoms with Crippen LogP contribution in [0.1, 0.15) is 25.0 Å². The molecule has 0 atom stereocenters. The molecule has 0 amide bonds. The van der Waals surface area contributed by atoms with E-state index in [9.17, 15) is 0 Å². The molecule has 1 rings (SSSR count). The van der Waals surface area contributed by atoms with Gasteiger partial charge in [0.05, 0.1) is 0 Å². The molecule has 0 unspecified atom stereocenters. The zero-order valence-electron chi connectivity index (χ0n) is 8.82. The van der Waals surface area contributed by atoms with Crippen LogP contribution in [-0.4, -0.2) is 0 Å². The quantitative estimate of drug-likeness (QED) is 0.530.